The van der Waals surface area contributed by atoms with Gasteiger partial charge in [0.25, 0.3) is 0 Å². The van der Waals surface area contributed by atoms with Crippen molar-refractivity contribution in [1.82, 2.24) is 19.4 Å². The molecule has 4 heterocycles. The van der Waals surface area contributed by atoms with E-state index < -0.39 is 18.8 Å². The molecule has 1 saturated heterocycles. The Hall–Kier alpha value is -1.71. The normalized spacial score (nSPS) is 18.8. The van der Waals surface area contributed by atoms with Gasteiger partial charge in [-0.2, -0.15) is 13.2 Å². The summed E-state index contributed by atoms with van der Waals surface area (Å²) < 4.78 is 40.9. The minimum absolute atomic E-state index is 0.0155. The smallest absolute Gasteiger partial charge is 0.385 e. The highest BCUT2D eigenvalue weighted by atomic mass is 32.1. The van der Waals surface area contributed by atoms with E-state index in [0.717, 1.165) is 15.7 Å². The molecule has 1 aliphatic rings. The maximum atomic E-state index is 12.6. The van der Waals surface area contributed by atoms with Crippen molar-refractivity contribution in [3.8, 4) is 0 Å². The lowest BCUT2D eigenvalue weighted by Crippen LogP contribution is -2.40. The Kier molecular flexibility index (Phi) is 4.40. The van der Waals surface area contributed by atoms with Crippen LogP contribution in [-0.2, 0) is 0 Å². The van der Waals surface area contributed by atoms with Crippen molar-refractivity contribution < 1.29 is 18.3 Å². The first-order valence-electron chi connectivity index (χ1n) is 8.54. The van der Waals surface area contributed by atoms with Gasteiger partial charge in [-0.25, -0.2) is 4.98 Å². The van der Waals surface area contributed by atoms with Crippen LogP contribution in [0.15, 0.2) is 17.6 Å². The van der Waals surface area contributed by atoms with Gasteiger partial charge >= 0.3 is 6.18 Å². The second-order valence-corrected chi connectivity index (χ2v) is 7.68. The Labute approximate surface area is 152 Å². The Morgan fingerprint density at radius 2 is 2.04 bits per heavy atom. The molecule has 1 fully saturated rings. The molecule has 0 saturated carbocycles. The molecule has 0 spiro atoms. The highest BCUT2D eigenvalue weighted by Gasteiger charge is 2.34. The van der Waals surface area contributed by atoms with Gasteiger partial charge in [0.2, 0.25) is 0 Å². The predicted molar refractivity (Wildman–Crippen MR) is 94.3 cm³/mol. The number of imidazole rings is 1. The Balaban J connectivity index is 1.72. The third-order valence-corrected chi connectivity index (χ3v) is 5.76. The fourth-order valence-corrected chi connectivity index (χ4v) is 4.64. The van der Waals surface area contributed by atoms with E-state index in [2.05, 4.69) is 9.97 Å². The van der Waals surface area contributed by atoms with Gasteiger partial charge in [-0.1, -0.05) is 0 Å². The van der Waals surface area contributed by atoms with Crippen LogP contribution in [0.25, 0.3) is 21.3 Å². The van der Waals surface area contributed by atoms with Crippen molar-refractivity contribution >= 4 is 32.6 Å². The summed E-state index contributed by atoms with van der Waals surface area (Å²) in [7, 11) is 0. The lowest BCUT2D eigenvalue weighted by atomic mass is 10.0. The van der Waals surface area contributed by atoms with Crippen LogP contribution in [0.4, 0.5) is 13.2 Å². The topological polar surface area (TPSA) is 54.2 Å². The van der Waals surface area contributed by atoms with Crippen LogP contribution in [-0.4, -0.2) is 50.4 Å². The number of aliphatic hydroxyl groups is 1. The quantitative estimate of drug-likeness (QED) is 0.744. The predicted octanol–water partition coefficient (Wildman–Crippen LogP) is 3.90. The van der Waals surface area contributed by atoms with Crippen LogP contribution in [0.5, 0.6) is 0 Å². The zero-order valence-electron chi connectivity index (χ0n) is 14.2. The van der Waals surface area contributed by atoms with Crippen LogP contribution in [0.1, 0.15) is 37.7 Å². The second-order valence-electron chi connectivity index (χ2n) is 6.77. The summed E-state index contributed by atoms with van der Waals surface area (Å²) >= 11 is 1.56. The zero-order chi connectivity index (χ0) is 18.5. The molecule has 1 N–H and O–H groups in total. The van der Waals surface area contributed by atoms with Crippen LogP contribution >= 0.6 is 11.3 Å². The van der Waals surface area contributed by atoms with Gasteiger partial charge in [-0.15, -0.1) is 11.3 Å². The van der Waals surface area contributed by atoms with E-state index in [0.29, 0.717) is 37.3 Å². The van der Waals surface area contributed by atoms with E-state index in [-0.39, 0.29) is 6.04 Å². The number of halogens is 3. The molecular weight excluding hydrogens is 365 g/mol. The molecule has 3 aromatic rings. The van der Waals surface area contributed by atoms with Crippen LogP contribution in [0.2, 0.25) is 0 Å². The Morgan fingerprint density at radius 1 is 1.31 bits per heavy atom. The molecule has 26 heavy (non-hydrogen) atoms. The molecule has 0 radical (unpaired) electrons. The number of aliphatic hydroxyl groups excluding tert-OH is 1. The molecule has 4 rings (SSSR count). The number of aromatic nitrogens is 3. The van der Waals surface area contributed by atoms with E-state index in [1.54, 1.807) is 24.5 Å². The first-order valence-corrected chi connectivity index (χ1v) is 9.42. The summed E-state index contributed by atoms with van der Waals surface area (Å²) in [4.78, 5) is 10.4. The highest BCUT2D eigenvalue weighted by molar-refractivity contribution is 7.18. The molecule has 0 aliphatic carbocycles. The molecule has 140 valence electrons. The fraction of sp³-hybridized carbons (Fsp3) is 0.529. The van der Waals surface area contributed by atoms with Crippen molar-refractivity contribution in [2.24, 2.45) is 0 Å². The van der Waals surface area contributed by atoms with E-state index in [9.17, 15) is 18.3 Å². The Morgan fingerprint density at radius 3 is 2.69 bits per heavy atom. The molecule has 1 aliphatic heterocycles. The molecule has 1 unspecified atom stereocenters. The number of rotatable bonds is 3. The van der Waals surface area contributed by atoms with Crippen molar-refractivity contribution in [2.75, 3.05) is 19.6 Å². The minimum Gasteiger partial charge on any atom is -0.385 e. The van der Waals surface area contributed by atoms with Crippen molar-refractivity contribution in [1.29, 1.82) is 0 Å². The summed E-state index contributed by atoms with van der Waals surface area (Å²) in [6.07, 6.45) is -2.04. The van der Waals surface area contributed by atoms with Crippen molar-refractivity contribution in [3.63, 3.8) is 0 Å². The van der Waals surface area contributed by atoms with Gasteiger partial charge in [-0.3, -0.25) is 9.88 Å². The van der Waals surface area contributed by atoms with Gasteiger partial charge in [0.05, 0.1) is 28.5 Å². The average Bonchev–Trinajstić information content (AvgIpc) is 3.17. The number of nitrogens with zero attached hydrogens (tertiary/aromatic N) is 4. The molecule has 0 aromatic carbocycles. The highest BCUT2D eigenvalue weighted by Crippen LogP contribution is 2.36. The Bertz CT molecular complexity index is 925. The number of thiophene rings is 1. The summed E-state index contributed by atoms with van der Waals surface area (Å²) in [5.41, 5.74) is 2.51. The molecule has 5 nitrogen and oxygen atoms in total. The molecule has 1 atom stereocenters. The van der Waals surface area contributed by atoms with E-state index in [1.807, 2.05) is 16.0 Å². The number of hydrogen-bond donors (Lipinski definition) is 1. The first kappa shape index (κ1) is 17.7. The number of pyridine rings is 1. The third-order valence-electron chi connectivity index (χ3n) is 4.85. The summed E-state index contributed by atoms with van der Waals surface area (Å²) in [6.45, 7) is 1.55. The monoisotopic (exact) mass is 384 g/mol. The van der Waals surface area contributed by atoms with Gasteiger partial charge in [0, 0.05) is 19.1 Å². The summed E-state index contributed by atoms with van der Waals surface area (Å²) in [5.74, 6) is 0.553. The number of alkyl halides is 3. The molecule has 9 heteroatoms. The lowest BCUT2D eigenvalue weighted by molar-refractivity contribution is -0.148. The average molecular weight is 384 g/mol. The van der Waals surface area contributed by atoms with Gasteiger partial charge in [0.1, 0.15) is 17.4 Å². The minimum atomic E-state index is -4.17. The maximum absolute atomic E-state index is 12.6. The van der Waals surface area contributed by atoms with Gasteiger partial charge in [-0.05, 0) is 31.2 Å². The fourth-order valence-electron chi connectivity index (χ4n) is 3.75. The molecule has 0 amide bonds. The largest absolute Gasteiger partial charge is 0.401 e. The summed E-state index contributed by atoms with van der Waals surface area (Å²) in [5, 5.41) is 12.2. The lowest BCUT2D eigenvalue weighted by Gasteiger charge is -2.34. The molecule has 0 bridgehead atoms. The van der Waals surface area contributed by atoms with E-state index in [1.165, 1.54) is 4.90 Å². The number of likely N-dealkylation sites (tertiary alicyclic amines) is 1. The van der Waals surface area contributed by atoms with E-state index in [4.69, 9.17) is 0 Å². The first-order chi connectivity index (χ1) is 12.3. The standard InChI is InChI=1S/C17H19F3N4OS/c1-10(25)16-22-13-8-21-12-4-7-26-15(12)14(13)24(16)11-2-5-23(6-3-11)9-17(18,19)20/h4,7-8,10-11,25H,2-3,5-6,9H2,1H3. The van der Waals surface area contributed by atoms with Gasteiger partial charge < -0.3 is 9.67 Å². The van der Waals surface area contributed by atoms with Crippen LogP contribution in [0.3, 0.4) is 0 Å². The number of fused-ring (bicyclic) bond motifs is 3. The maximum Gasteiger partial charge on any atom is 0.401 e. The number of piperidine rings is 1. The second kappa shape index (κ2) is 6.47. The van der Waals surface area contributed by atoms with Crippen molar-refractivity contribution in [2.45, 2.75) is 38.1 Å². The molecule has 3 aromatic heterocycles. The third kappa shape index (κ3) is 3.19. The van der Waals surface area contributed by atoms with Gasteiger partial charge in [0.15, 0.2) is 0 Å². The van der Waals surface area contributed by atoms with E-state index >= 15 is 0 Å². The molecular formula is C17H19F3N4OS. The van der Waals surface area contributed by atoms with Crippen molar-refractivity contribution in [3.05, 3.63) is 23.5 Å². The van der Waals surface area contributed by atoms with Crippen LogP contribution < -0.4 is 0 Å². The summed E-state index contributed by atoms with van der Waals surface area (Å²) in [6, 6.07) is 1.95. The zero-order valence-corrected chi connectivity index (χ0v) is 15.0. The number of hydrogen-bond acceptors (Lipinski definition) is 5. The van der Waals surface area contributed by atoms with Crippen LogP contribution in [0, 0.1) is 0 Å². The SMILES string of the molecule is CC(O)c1nc2cnc3ccsc3c2n1C1CCN(CC(F)(F)F)CC1.